The normalized spacial score (nSPS) is 11.0. The first-order valence-electron chi connectivity index (χ1n) is 7.91. The van der Waals surface area contributed by atoms with Crippen LogP contribution in [0.2, 0.25) is 0 Å². The van der Waals surface area contributed by atoms with Gasteiger partial charge in [0.2, 0.25) is 10.0 Å². The van der Waals surface area contributed by atoms with Crippen molar-refractivity contribution in [1.29, 1.82) is 0 Å². The number of rotatable bonds is 7. The van der Waals surface area contributed by atoms with Crippen LogP contribution in [0.5, 0.6) is 17.2 Å². The summed E-state index contributed by atoms with van der Waals surface area (Å²) in [5.74, 6) is 1.08. The number of primary sulfonamides is 1. The molecule has 0 unspecified atom stereocenters. The van der Waals surface area contributed by atoms with Gasteiger partial charge < -0.3 is 19.5 Å². The Morgan fingerprint density at radius 2 is 1.59 bits per heavy atom. The van der Waals surface area contributed by atoms with Gasteiger partial charge in [-0.05, 0) is 30.7 Å². The van der Waals surface area contributed by atoms with E-state index in [1.54, 1.807) is 19.1 Å². The third-order valence-corrected chi connectivity index (χ3v) is 4.92. The van der Waals surface area contributed by atoms with E-state index >= 15 is 0 Å². The zero-order chi connectivity index (χ0) is 20.2. The average Bonchev–Trinajstić information content (AvgIpc) is 2.64. The number of nitrogens with one attached hydrogen (secondary N) is 1. The number of benzene rings is 2. The van der Waals surface area contributed by atoms with Crippen molar-refractivity contribution in [2.45, 2.75) is 18.4 Å². The molecule has 0 aliphatic rings. The fourth-order valence-corrected chi connectivity index (χ4v) is 3.06. The first-order valence-corrected chi connectivity index (χ1v) is 9.46. The van der Waals surface area contributed by atoms with Crippen LogP contribution in [0.15, 0.2) is 35.2 Å². The first kappa shape index (κ1) is 20.5. The SMILES string of the molecule is COc1cc(OC)c(OC)cc1CNC(=O)c1cc(S(N)(=O)=O)ccc1C. The van der Waals surface area contributed by atoms with Crippen LogP contribution in [0.1, 0.15) is 21.5 Å². The predicted molar refractivity (Wildman–Crippen MR) is 99.8 cm³/mol. The van der Waals surface area contributed by atoms with Crippen molar-refractivity contribution in [3.63, 3.8) is 0 Å². The molecule has 3 N–H and O–H groups in total. The second kappa shape index (κ2) is 8.28. The molecule has 2 rings (SSSR count). The summed E-state index contributed by atoms with van der Waals surface area (Å²) in [5.41, 5.74) is 1.52. The summed E-state index contributed by atoms with van der Waals surface area (Å²) in [4.78, 5) is 12.4. The van der Waals surface area contributed by atoms with Gasteiger partial charge in [-0.2, -0.15) is 0 Å². The number of methoxy groups -OCH3 is 3. The molecular formula is C18H22N2O6S. The Morgan fingerprint density at radius 3 is 2.15 bits per heavy atom. The summed E-state index contributed by atoms with van der Waals surface area (Å²) < 4.78 is 38.9. The quantitative estimate of drug-likeness (QED) is 0.737. The van der Waals surface area contributed by atoms with Crippen LogP contribution in [0.3, 0.4) is 0 Å². The summed E-state index contributed by atoms with van der Waals surface area (Å²) in [5, 5.41) is 7.88. The van der Waals surface area contributed by atoms with Crippen molar-refractivity contribution in [3.05, 3.63) is 47.0 Å². The zero-order valence-electron chi connectivity index (χ0n) is 15.5. The molecule has 0 aliphatic heterocycles. The van der Waals surface area contributed by atoms with Crippen LogP contribution >= 0.6 is 0 Å². The van der Waals surface area contributed by atoms with Gasteiger partial charge in [-0.3, -0.25) is 4.79 Å². The Morgan fingerprint density at radius 1 is 1.00 bits per heavy atom. The highest BCUT2D eigenvalue weighted by molar-refractivity contribution is 7.89. The number of hydrogen-bond acceptors (Lipinski definition) is 6. The lowest BCUT2D eigenvalue weighted by Gasteiger charge is -2.15. The molecule has 0 radical (unpaired) electrons. The van der Waals surface area contributed by atoms with Crippen molar-refractivity contribution in [2.24, 2.45) is 5.14 Å². The molecule has 1 amide bonds. The van der Waals surface area contributed by atoms with E-state index in [1.165, 1.54) is 39.5 Å². The lowest BCUT2D eigenvalue weighted by Crippen LogP contribution is -2.24. The second-order valence-electron chi connectivity index (χ2n) is 5.72. The van der Waals surface area contributed by atoms with E-state index in [1.807, 2.05) is 0 Å². The summed E-state index contributed by atoms with van der Waals surface area (Å²) >= 11 is 0. The minimum Gasteiger partial charge on any atom is -0.496 e. The van der Waals surface area contributed by atoms with Gasteiger partial charge in [0.25, 0.3) is 5.91 Å². The Balaban J connectivity index is 2.28. The molecule has 0 aromatic heterocycles. The van der Waals surface area contributed by atoms with Crippen LogP contribution in [-0.4, -0.2) is 35.7 Å². The summed E-state index contributed by atoms with van der Waals surface area (Å²) in [6.45, 7) is 1.85. The molecule has 0 heterocycles. The fraction of sp³-hybridized carbons (Fsp3) is 0.278. The molecule has 0 saturated carbocycles. The Labute approximate surface area is 158 Å². The smallest absolute Gasteiger partial charge is 0.251 e. The van der Waals surface area contributed by atoms with Gasteiger partial charge in [0.15, 0.2) is 11.5 Å². The fourth-order valence-electron chi connectivity index (χ4n) is 2.52. The number of carbonyl (C=O) groups is 1. The number of aryl methyl sites for hydroxylation is 1. The molecule has 9 heteroatoms. The molecule has 27 heavy (non-hydrogen) atoms. The van der Waals surface area contributed by atoms with E-state index < -0.39 is 15.9 Å². The molecule has 146 valence electrons. The number of sulfonamides is 1. The van der Waals surface area contributed by atoms with E-state index in [0.717, 1.165) is 0 Å². The average molecular weight is 394 g/mol. The highest BCUT2D eigenvalue weighted by Crippen LogP contribution is 2.34. The molecule has 8 nitrogen and oxygen atoms in total. The number of ether oxygens (including phenoxy) is 3. The molecular weight excluding hydrogens is 372 g/mol. The maximum atomic E-state index is 12.6. The molecule has 2 aromatic rings. The minimum absolute atomic E-state index is 0.123. The summed E-state index contributed by atoms with van der Waals surface area (Å²) in [6.07, 6.45) is 0. The lowest BCUT2D eigenvalue weighted by molar-refractivity contribution is 0.0950. The van der Waals surface area contributed by atoms with Crippen molar-refractivity contribution >= 4 is 15.9 Å². The Kier molecular flexibility index (Phi) is 6.29. The van der Waals surface area contributed by atoms with E-state index in [9.17, 15) is 13.2 Å². The van der Waals surface area contributed by atoms with E-state index in [-0.39, 0.29) is 17.0 Å². The highest BCUT2D eigenvalue weighted by atomic mass is 32.2. The van der Waals surface area contributed by atoms with E-state index in [2.05, 4.69) is 5.32 Å². The molecule has 2 aromatic carbocycles. The third-order valence-electron chi connectivity index (χ3n) is 4.01. The maximum absolute atomic E-state index is 12.6. The van der Waals surface area contributed by atoms with Crippen LogP contribution < -0.4 is 24.7 Å². The van der Waals surface area contributed by atoms with Crippen molar-refractivity contribution < 1.29 is 27.4 Å². The molecule has 0 atom stereocenters. The topological polar surface area (TPSA) is 117 Å². The molecule has 0 aliphatic carbocycles. The number of nitrogens with two attached hydrogens (primary N) is 1. The van der Waals surface area contributed by atoms with Crippen LogP contribution in [0.4, 0.5) is 0 Å². The second-order valence-corrected chi connectivity index (χ2v) is 7.28. The van der Waals surface area contributed by atoms with Gasteiger partial charge in [0.1, 0.15) is 5.75 Å². The largest absolute Gasteiger partial charge is 0.496 e. The zero-order valence-corrected chi connectivity index (χ0v) is 16.3. The number of hydrogen-bond donors (Lipinski definition) is 2. The maximum Gasteiger partial charge on any atom is 0.251 e. The lowest BCUT2D eigenvalue weighted by atomic mass is 10.1. The van der Waals surface area contributed by atoms with Gasteiger partial charge >= 0.3 is 0 Å². The molecule has 0 spiro atoms. The van der Waals surface area contributed by atoms with Crippen molar-refractivity contribution in [3.8, 4) is 17.2 Å². The minimum atomic E-state index is -3.90. The van der Waals surface area contributed by atoms with E-state index in [0.29, 0.717) is 28.4 Å². The molecule has 0 bridgehead atoms. The Bertz CT molecular complexity index is 957. The highest BCUT2D eigenvalue weighted by Gasteiger charge is 2.16. The van der Waals surface area contributed by atoms with Gasteiger partial charge in [0, 0.05) is 23.7 Å². The van der Waals surface area contributed by atoms with Gasteiger partial charge in [-0.25, -0.2) is 13.6 Å². The van der Waals surface area contributed by atoms with Crippen LogP contribution in [0, 0.1) is 6.92 Å². The van der Waals surface area contributed by atoms with Crippen molar-refractivity contribution in [1.82, 2.24) is 5.32 Å². The first-order chi connectivity index (χ1) is 12.7. The van der Waals surface area contributed by atoms with Crippen LogP contribution in [-0.2, 0) is 16.6 Å². The van der Waals surface area contributed by atoms with Gasteiger partial charge in [-0.1, -0.05) is 6.07 Å². The standard InChI is InChI=1S/C18H22N2O6S/c1-11-5-6-13(27(19,22)23)8-14(11)18(21)20-10-12-7-16(25-3)17(26-4)9-15(12)24-2/h5-9H,10H2,1-4H3,(H,20,21)(H2,19,22,23). The number of carbonyl (C=O) groups excluding carboxylic acids is 1. The molecule has 0 saturated heterocycles. The van der Waals surface area contributed by atoms with Gasteiger partial charge in [0.05, 0.1) is 26.2 Å². The summed E-state index contributed by atoms with van der Waals surface area (Å²) in [6, 6.07) is 7.51. The van der Waals surface area contributed by atoms with Crippen LogP contribution in [0.25, 0.3) is 0 Å². The predicted octanol–water partition coefficient (Wildman–Crippen LogP) is 1.60. The molecule has 0 fully saturated rings. The number of amides is 1. The van der Waals surface area contributed by atoms with Gasteiger partial charge in [-0.15, -0.1) is 0 Å². The summed E-state index contributed by atoms with van der Waals surface area (Å²) in [7, 11) is 0.628. The third kappa shape index (κ3) is 4.69. The van der Waals surface area contributed by atoms with Crippen molar-refractivity contribution in [2.75, 3.05) is 21.3 Å². The van der Waals surface area contributed by atoms with E-state index in [4.69, 9.17) is 19.3 Å². The Hall–Kier alpha value is -2.78. The monoisotopic (exact) mass is 394 g/mol.